The summed E-state index contributed by atoms with van der Waals surface area (Å²) < 4.78 is 16.4. The van der Waals surface area contributed by atoms with Crippen LogP contribution in [-0.2, 0) is 4.74 Å². The Morgan fingerprint density at radius 3 is 2.76 bits per heavy atom. The molecule has 5 heteroatoms. The van der Waals surface area contributed by atoms with Gasteiger partial charge in [-0.2, -0.15) is 0 Å². The van der Waals surface area contributed by atoms with Crippen LogP contribution >= 0.6 is 0 Å². The van der Waals surface area contributed by atoms with Crippen molar-refractivity contribution < 1.29 is 19.0 Å². The lowest BCUT2D eigenvalue weighted by atomic mass is 10.2. The van der Waals surface area contributed by atoms with Crippen molar-refractivity contribution >= 4 is 11.6 Å². The fourth-order valence-corrected chi connectivity index (χ4v) is 2.13. The summed E-state index contributed by atoms with van der Waals surface area (Å²) in [5.41, 5.74) is 1.12. The van der Waals surface area contributed by atoms with E-state index >= 15 is 0 Å². The molecule has 2 aromatic rings. The van der Waals surface area contributed by atoms with Gasteiger partial charge in [0.05, 0.1) is 12.3 Å². The average Bonchev–Trinajstić information content (AvgIpc) is 2.65. The predicted molar refractivity (Wildman–Crippen MR) is 98.5 cm³/mol. The molecule has 0 atom stereocenters. The zero-order chi connectivity index (χ0) is 17.9. The molecule has 0 saturated carbocycles. The molecular weight excluding hydrogens is 318 g/mol. The minimum absolute atomic E-state index is 0.232. The van der Waals surface area contributed by atoms with Gasteiger partial charge < -0.3 is 19.5 Å². The second-order valence-corrected chi connectivity index (χ2v) is 5.12. The van der Waals surface area contributed by atoms with Crippen LogP contribution in [0.25, 0.3) is 0 Å². The van der Waals surface area contributed by atoms with Crippen LogP contribution in [0.15, 0.2) is 61.2 Å². The maximum absolute atomic E-state index is 12.5. The monoisotopic (exact) mass is 341 g/mol. The van der Waals surface area contributed by atoms with Gasteiger partial charge in [0.2, 0.25) is 0 Å². The van der Waals surface area contributed by atoms with Crippen molar-refractivity contribution in [2.75, 3.05) is 31.7 Å². The maximum atomic E-state index is 12.5. The van der Waals surface area contributed by atoms with Gasteiger partial charge in [0.25, 0.3) is 5.91 Å². The summed E-state index contributed by atoms with van der Waals surface area (Å²) in [7, 11) is 0. The number of hydrogen-bond acceptors (Lipinski definition) is 4. The molecule has 132 valence electrons. The number of carbonyl (C=O) groups is 1. The van der Waals surface area contributed by atoms with Crippen LogP contribution < -0.4 is 14.8 Å². The number of carbonyl (C=O) groups excluding carboxylic acids is 1. The van der Waals surface area contributed by atoms with Crippen molar-refractivity contribution in [2.45, 2.75) is 6.92 Å². The first-order valence-electron chi connectivity index (χ1n) is 8.19. The molecular formula is C20H23NO4. The van der Waals surface area contributed by atoms with Crippen LogP contribution in [0.5, 0.6) is 11.5 Å². The van der Waals surface area contributed by atoms with E-state index in [1.54, 1.807) is 36.4 Å². The number of benzene rings is 2. The first-order chi connectivity index (χ1) is 12.2. The van der Waals surface area contributed by atoms with Crippen LogP contribution in [0, 0.1) is 0 Å². The van der Waals surface area contributed by atoms with E-state index in [1.165, 1.54) is 0 Å². The molecule has 0 saturated heterocycles. The van der Waals surface area contributed by atoms with Crippen molar-refractivity contribution in [2.24, 2.45) is 0 Å². The lowest BCUT2D eigenvalue weighted by Gasteiger charge is -2.12. The van der Waals surface area contributed by atoms with E-state index in [0.29, 0.717) is 49.2 Å². The number of hydrogen-bond donors (Lipinski definition) is 1. The molecule has 0 bridgehead atoms. The molecule has 0 unspecified atom stereocenters. The first-order valence-corrected chi connectivity index (χ1v) is 8.19. The molecule has 25 heavy (non-hydrogen) atoms. The first kappa shape index (κ1) is 18.5. The Morgan fingerprint density at radius 1 is 1.12 bits per heavy atom. The van der Waals surface area contributed by atoms with Crippen molar-refractivity contribution in [3.8, 4) is 11.5 Å². The number of amides is 1. The van der Waals surface area contributed by atoms with Gasteiger partial charge in [0.1, 0.15) is 24.7 Å². The van der Waals surface area contributed by atoms with Crippen molar-refractivity contribution in [3.05, 3.63) is 66.7 Å². The van der Waals surface area contributed by atoms with Gasteiger partial charge in [-0.15, -0.1) is 0 Å². The second kappa shape index (κ2) is 10.2. The van der Waals surface area contributed by atoms with Crippen molar-refractivity contribution in [3.63, 3.8) is 0 Å². The Morgan fingerprint density at radius 2 is 1.96 bits per heavy atom. The summed E-state index contributed by atoms with van der Waals surface area (Å²) in [4.78, 5) is 12.5. The molecule has 1 amide bonds. The van der Waals surface area contributed by atoms with Crippen molar-refractivity contribution in [1.82, 2.24) is 0 Å². The SMILES string of the molecule is C=CCOc1ccccc1NC(=O)c1cccc(OCCOCC)c1. The Labute approximate surface area is 148 Å². The zero-order valence-electron chi connectivity index (χ0n) is 14.4. The van der Waals surface area contributed by atoms with Gasteiger partial charge in [-0.05, 0) is 37.3 Å². The second-order valence-electron chi connectivity index (χ2n) is 5.12. The Bertz CT molecular complexity index is 700. The molecule has 0 heterocycles. The normalized spacial score (nSPS) is 10.1. The summed E-state index contributed by atoms with van der Waals surface area (Å²) in [5.74, 6) is 0.994. The number of nitrogens with one attached hydrogen (secondary N) is 1. The highest BCUT2D eigenvalue weighted by Crippen LogP contribution is 2.25. The molecule has 0 aliphatic heterocycles. The molecule has 0 radical (unpaired) electrons. The lowest BCUT2D eigenvalue weighted by molar-refractivity contribution is 0.102. The molecule has 0 spiro atoms. The fraction of sp³-hybridized carbons (Fsp3) is 0.250. The third-order valence-corrected chi connectivity index (χ3v) is 3.29. The van der Waals surface area contributed by atoms with Crippen LogP contribution in [0.1, 0.15) is 17.3 Å². The number of para-hydroxylation sites is 2. The topological polar surface area (TPSA) is 56.8 Å². The van der Waals surface area contributed by atoms with Gasteiger partial charge in [-0.1, -0.05) is 30.9 Å². The fourth-order valence-electron chi connectivity index (χ4n) is 2.13. The van der Waals surface area contributed by atoms with Crippen LogP contribution in [0.4, 0.5) is 5.69 Å². The summed E-state index contributed by atoms with van der Waals surface area (Å²) in [6, 6.07) is 14.3. The molecule has 5 nitrogen and oxygen atoms in total. The molecule has 2 aromatic carbocycles. The van der Waals surface area contributed by atoms with E-state index in [4.69, 9.17) is 14.2 Å². The quantitative estimate of drug-likeness (QED) is 0.526. The Balaban J connectivity index is 2.02. The van der Waals surface area contributed by atoms with E-state index in [9.17, 15) is 4.79 Å². The Kier molecular flexibility index (Phi) is 7.53. The predicted octanol–water partition coefficient (Wildman–Crippen LogP) is 3.92. The van der Waals surface area contributed by atoms with E-state index in [1.807, 2.05) is 25.1 Å². The van der Waals surface area contributed by atoms with Gasteiger partial charge >= 0.3 is 0 Å². The summed E-state index contributed by atoms with van der Waals surface area (Å²) in [5, 5.41) is 2.86. The largest absolute Gasteiger partial charge is 0.491 e. The summed E-state index contributed by atoms with van der Waals surface area (Å²) in [6.45, 7) is 7.54. The number of anilines is 1. The van der Waals surface area contributed by atoms with Gasteiger partial charge in [0, 0.05) is 12.2 Å². The summed E-state index contributed by atoms with van der Waals surface area (Å²) in [6.07, 6.45) is 1.65. The van der Waals surface area contributed by atoms with Crippen LogP contribution in [-0.4, -0.2) is 32.3 Å². The van der Waals surface area contributed by atoms with Crippen molar-refractivity contribution in [1.29, 1.82) is 0 Å². The number of ether oxygens (including phenoxy) is 3. The summed E-state index contributed by atoms with van der Waals surface area (Å²) >= 11 is 0. The van der Waals surface area contributed by atoms with E-state index in [-0.39, 0.29) is 5.91 Å². The third-order valence-electron chi connectivity index (χ3n) is 3.29. The third kappa shape index (κ3) is 5.97. The van der Waals surface area contributed by atoms with Crippen LogP contribution in [0.2, 0.25) is 0 Å². The highest BCUT2D eigenvalue weighted by Gasteiger charge is 2.10. The van der Waals surface area contributed by atoms with Gasteiger partial charge in [0.15, 0.2) is 0 Å². The Hall–Kier alpha value is -2.79. The van der Waals surface area contributed by atoms with E-state index in [2.05, 4.69) is 11.9 Å². The number of rotatable bonds is 10. The molecule has 2 rings (SSSR count). The maximum Gasteiger partial charge on any atom is 0.255 e. The van der Waals surface area contributed by atoms with Gasteiger partial charge in [-0.25, -0.2) is 0 Å². The molecule has 0 aliphatic carbocycles. The zero-order valence-corrected chi connectivity index (χ0v) is 14.4. The molecule has 1 N–H and O–H groups in total. The molecule has 0 aliphatic rings. The smallest absolute Gasteiger partial charge is 0.255 e. The van der Waals surface area contributed by atoms with Crippen LogP contribution in [0.3, 0.4) is 0 Å². The average molecular weight is 341 g/mol. The van der Waals surface area contributed by atoms with E-state index in [0.717, 1.165) is 0 Å². The lowest BCUT2D eigenvalue weighted by Crippen LogP contribution is -2.13. The minimum atomic E-state index is -0.232. The van der Waals surface area contributed by atoms with Gasteiger partial charge in [-0.3, -0.25) is 4.79 Å². The molecule has 0 aromatic heterocycles. The standard InChI is InChI=1S/C20H23NO4/c1-3-12-25-19-11-6-5-10-18(19)21-20(22)16-8-7-9-17(15-16)24-14-13-23-4-2/h3,5-11,15H,1,4,12-14H2,2H3,(H,21,22). The van der Waals surface area contributed by atoms with E-state index < -0.39 is 0 Å². The molecule has 0 fully saturated rings. The highest BCUT2D eigenvalue weighted by atomic mass is 16.5. The highest BCUT2D eigenvalue weighted by molar-refractivity contribution is 6.05. The minimum Gasteiger partial charge on any atom is -0.491 e.